The van der Waals surface area contributed by atoms with Gasteiger partial charge in [0.2, 0.25) is 11.9 Å². The van der Waals surface area contributed by atoms with Crippen molar-refractivity contribution in [3.8, 4) is 0 Å². The van der Waals surface area contributed by atoms with Crippen molar-refractivity contribution in [3.63, 3.8) is 0 Å². The number of nitrogen functional groups attached to an aromatic ring is 2. The Balaban J connectivity index is 1.45. The van der Waals surface area contributed by atoms with Crippen LogP contribution in [-0.4, -0.2) is 57.4 Å². The second kappa shape index (κ2) is 11.7. The average molecular weight is 512 g/mol. The number of rotatable bonds is 11. The number of nitrogens with two attached hydrogens (primary N) is 2. The molecule has 12 nitrogen and oxygen atoms in total. The highest BCUT2D eigenvalue weighted by Gasteiger charge is 2.17. The highest BCUT2D eigenvalue weighted by molar-refractivity contribution is 6.69. The maximum absolute atomic E-state index is 12.5. The van der Waals surface area contributed by atoms with Gasteiger partial charge in [-0.2, -0.15) is 9.97 Å². The average Bonchev–Trinajstić information content (AvgIpc) is 2.81. The van der Waals surface area contributed by atoms with E-state index in [1.54, 1.807) is 30.5 Å². The van der Waals surface area contributed by atoms with Crippen LogP contribution in [-0.2, 0) is 11.3 Å². The molecule has 2 aromatic heterocycles. The van der Waals surface area contributed by atoms with Crippen LogP contribution in [0.4, 0.5) is 17.5 Å². The van der Waals surface area contributed by atoms with Crippen molar-refractivity contribution in [2.75, 3.05) is 23.3 Å². The van der Waals surface area contributed by atoms with Gasteiger partial charge in [0, 0.05) is 30.3 Å². The van der Waals surface area contributed by atoms with E-state index in [0.29, 0.717) is 54.4 Å². The number of hydrogen-bond acceptors (Lipinski definition) is 10. The van der Waals surface area contributed by atoms with Crippen molar-refractivity contribution < 1.29 is 14.4 Å². The molecule has 3 aromatic rings. The Labute approximate surface area is 210 Å². The highest BCUT2D eigenvalue weighted by Crippen LogP contribution is 2.16. The van der Waals surface area contributed by atoms with E-state index in [1.165, 1.54) is 0 Å². The summed E-state index contributed by atoms with van der Waals surface area (Å²) >= 11 is 0. The molecule has 0 aliphatic heterocycles. The topological polar surface area (TPSA) is 194 Å². The minimum absolute atomic E-state index is 0.0453. The second-order valence-corrected chi connectivity index (χ2v) is 13.4. The molecule has 0 spiro atoms. The summed E-state index contributed by atoms with van der Waals surface area (Å²) in [6.45, 7) is 6.39. The van der Waals surface area contributed by atoms with E-state index < -0.39 is 8.32 Å². The molecule has 0 radical (unpaired) electrons. The fraction of sp³-hybridized carbons (Fsp3) is 0.391. The van der Waals surface area contributed by atoms with Crippen LogP contribution < -0.4 is 27.4 Å². The largest absolute Gasteiger partial charge is 0.432 e. The summed E-state index contributed by atoms with van der Waals surface area (Å²) in [5, 5.41) is 8.95. The molecule has 1 aromatic carbocycles. The van der Waals surface area contributed by atoms with Crippen LogP contribution in [0.2, 0.25) is 19.1 Å². The zero-order valence-corrected chi connectivity index (χ0v) is 21.7. The predicted octanol–water partition coefficient (Wildman–Crippen LogP) is 1.41. The molecule has 0 bridgehead atoms. The van der Waals surface area contributed by atoms with Crippen molar-refractivity contribution in [2.24, 2.45) is 0 Å². The Morgan fingerprint density at radius 3 is 2.53 bits per heavy atom. The number of amides is 2. The summed E-state index contributed by atoms with van der Waals surface area (Å²) in [5.74, 6) is -0.0777. The summed E-state index contributed by atoms with van der Waals surface area (Å²) in [6, 6.07) is 7.49. The SMILES string of the molecule is C[C@H](CCC(=O)NCC[Si](C)(C)O)NC(=O)c1ccc(NCc2cnc3nc(N)nc(N)c3n2)cc1. The Morgan fingerprint density at radius 2 is 1.83 bits per heavy atom. The summed E-state index contributed by atoms with van der Waals surface area (Å²) in [6.07, 6.45) is 2.41. The van der Waals surface area contributed by atoms with Crippen LogP contribution >= 0.6 is 0 Å². The van der Waals surface area contributed by atoms with Crippen LogP contribution in [0.5, 0.6) is 0 Å². The van der Waals surface area contributed by atoms with Crippen molar-refractivity contribution >= 4 is 48.7 Å². The molecular weight excluding hydrogens is 478 g/mol. The van der Waals surface area contributed by atoms with E-state index in [0.717, 1.165) is 5.69 Å². The van der Waals surface area contributed by atoms with E-state index >= 15 is 0 Å². The van der Waals surface area contributed by atoms with Crippen LogP contribution in [0.1, 0.15) is 35.8 Å². The smallest absolute Gasteiger partial charge is 0.251 e. The molecule has 192 valence electrons. The Kier molecular flexibility index (Phi) is 8.72. The van der Waals surface area contributed by atoms with Gasteiger partial charge >= 0.3 is 0 Å². The first kappa shape index (κ1) is 26.8. The van der Waals surface area contributed by atoms with Crippen LogP contribution in [0.25, 0.3) is 11.2 Å². The molecule has 2 amide bonds. The minimum atomic E-state index is -2.16. The monoisotopic (exact) mass is 511 g/mol. The molecule has 3 rings (SSSR count). The maximum Gasteiger partial charge on any atom is 0.251 e. The van der Waals surface area contributed by atoms with E-state index in [2.05, 4.69) is 35.9 Å². The van der Waals surface area contributed by atoms with Gasteiger partial charge in [0.25, 0.3) is 5.91 Å². The van der Waals surface area contributed by atoms with Gasteiger partial charge in [-0.15, -0.1) is 0 Å². The molecule has 1 atom stereocenters. The van der Waals surface area contributed by atoms with Gasteiger partial charge in [0.15, 0.2) is 25.3 Å². The first-order chi connectivity index (χ1) is 17.0. The number of anilines is 3. The molecule has 0 saturated carbocycles. The van der Waals surface area contributed by atoms with Crippen LogP contribution in [0, 0.1) is 0 Å². The summed E-state index contributed by atoms with van der Waals surface area (Å²) in [7, 11) is -2.16. The third-order valence-corrected chi connectivity index (χ3v) is 6.84. The predicted molar refractivity (Wildman–Crippen MR) is 141 cm³/mol. The number of fused-ring (bicyclic) bond motifs is 1. The normalized spacial score (nSPS) is 12.2. The molecule has 0 saturated heterocycles. The summed E-state index contributed by atoms with van der Waals surface area (Å²) in [5.41, 5.74) is 14.1. The zero-order chi connectivity index (χ0) is 26.3. The summed E-state index contributed by atoms with van der Waals surface area (Å²) < 4.78 is 0. The lowest BCUT2D eigenvalue weighted by Crippen LogP contribution is -2.35. The van der Waals surface area contributed by atoms with Crippen LogP contribution in [0.3, 0.4) is 0 Å². The third-order valence-electron chi connectivity index (χ3n) is 5.36. The molecule has 0 aliphatic carbocycles. The standard InChI is InChI=1S/C23H33N9O3Si/c1-14(4-9-18(33)26-10-11-36(2,3)35)29-22(34)15-5-7-16(8-6-15)27-12-17-13-28-21-19(30-17)20(24)31-23(25)32-21/h5-8,13-14,27,35H,4,9-12H2,1-3H3,(H,26,33)(H,29,34)(H4,24,25,28,31,32)/t14-/m1/s1. The van der Waals surface area contributed by atoms with Crippen molar-refractivity contribution in [2.45, 2.75) is 51.5 Å². The van der Waals surface area contributed by atoms with Gasteiger partial charge < -0.3 is 32.2 Å². The Hall–Kier alpha value is -3.84. The summed E-state index contributed by atoms with van der Waals surface area (Å²) in [4.78, 5) is 50.9. The minimum Gasteiger partial charge on any atom is -0.432 e. The lowest BCUT2D eigenvalue weighted by molar-refractivity contribution is -0.121. The van der Waals surface area contributed by atoms with E-state index in [4.69, 9.17) is 11.5 Å². The quantitative estimate of drug-likeness (QED) is 0.205. The molecule has 13 heteroatoms. The van der Waals surface area contributed by atoms with E-state index in [9.17, 15) is 14.4 Å². The molecule has 2 heterocycles. The second-order valence-electron chi connectivity index (χ2n) is 9.26. The van der Waals surface area contributed by atoms with Crippen molar-refractivity contribution in [3.05, 3.63) is 41.7 Å². The number of benzene rings is 1. The van der Waals surface area contributed by atoms with Crippen LogP contribution in [0.15, 0.2) is 30.5 Å². The molecular formula is C23H33N9O3Si. The van der Waals surface area contributed by atoms with Crippen molar-refractivity contribution in [1.82, 2.24) is 30.6 Å². The van der Waals surface area contributed by atoms with Crippen molar-refractivity contribution in [1.29, 1.82) is 0 Å². The van der Waals surface area contributed by atoms with Gasteiger partial charge in [-0.25, -0.2) is 9.97 Å². The fourth-order valence-corrected chi connectivity index (χ4v) is 4.06. The maximum atomic E-state index is 12.5. The van der Waals surface area contributed by atoms with E-state index in [1.807, 2.05) is 20.0 Å². The van der Waals surface area contributed by atoms with Gasteiger partial charge in [-0.1, -0.05) is 0 Å². The van der Waals surface area contributed by atoms with Gasteiger partial charge in [0.1, 0.15) is 0 Å². The lowest BCUT2D eigenvalue weighted by Gasteiger charge is -2.16. The van der Waals surface area contributed by atoms with Gasteiger partial charge in [0.05, 0.1) is 18.4 Å². The molecule has 0 fully saturated rings. The molecule has 0 aliphatic rings. The number of nitrogens with one attached hydrogen (secondary N) is 3. The lowest BCUT2D eigenvalue weighted by atomic mass is 10.1. The number of aromatic nitrogens is 4. The van der Waals surface area contributed by atoms with Gasteiger partial charge in [-0.05, 0) is 56.7 Å². The first-order valence-electron chi connectivity index (χ1n) is 11.7. The third kappa shape index (κ3) is 8.13. The molecule has 0 unspecified atom stereocenters. The number of hydrogen-bond donors (Lipinski definition) is 6. The Morgan fingerprint density at radius 1 is 1.11 bits per heavy atom. The first-order valence-corrected chi connectivity index (χ1v) is 14.8. The highest BCUT2D eigenvalue weighted by atomic mass is 28.4. The fourth-order valence-electron chi connectivity index (χ4n) is 3.32. The van der Waals surface area contributed by atoms with E-state index in [-0.39, 0.29) is 29.6 Å². The van der Waals surface area contributed by atoms with Gasteiger partial charge in [-0.3, -0.25) is 9.59 Å². The number of carbonyl (C=O) groups excluding carboxylic acids is 2. The number of nitrogens with zero attached hydrogens (tertiary/aromatic N) is 4. The molecule has 36 heavy (non-hydrogen) atoms. The Bertz CT molecular complexity index is 1220. The zero-order valence-electron chi connectivity index (χ0n) is 20.7. The molecule has 8 N–H and O–H groups in total. The number of carbonyl (C=O) groups is 2.